The molecule has 1 saturated heterocycles. The summed E-state index contributed by atoms with van der Waals surface area (Å²) in [5.74, 6) is -0.178. The molecule has 1 aliphatic heterocycles. The van der Waals surface area contributed by atoms with Crippen molar-refractivity contribution in [1.82, 2.24) is 9.21 Å². The molecule has 0 bridgehead atoms. The molecule has 1 fully saturated rings. The predicted octanol–water partition coefficient (Wildman–Crippen LogP) is 2.48. The topological polar surface area (TPSA) is 77.9 Å². The van der Waals surface area contributed by atoms with Crippen molar-refractivity contribution < 1.29 is 18.3 Å². The van der Waals surface area contributed by atoms with Crippen molar-refractivity contribution >= 4 is 15.9 Å². The summed E-state index contributed by atoms with van der Waals surface area (Å²) in [6.07, 6.45) is 4.64. The Morgan fingerprint density at radius 3 is 2.50 bits per heavy atom. The van der Waals surface area contributed by atoms with Crippen LogP contribution in [0.1, 0.15) is 56.3 Å². The van der Waals surface area contributed by atoms with Crippen LogP contribution in [0, 0.1) is 0 Å². The monoisotopic (exact) mass is 382 g/mol. The van der Waals surface area contributed by atoms with Gasteiger partial charge in [-0.1, -0.05) is 19.8 Å². The lowest BCUT2D eigenvalue weighted by Gasteiger charge is -2.32. The highest BCUT2D eigenvalue weighted by atomic mass is 32.2. The summed E-state index contributed by atoms with van der Waals surface area (Å²) in [6.45, 7) is 5.31. The first-order valence-electron chi connectivity index (χ1n) is 9.43. The van der Waals surface area contributed by atoms with Gasteiger partial charge in [0.05, 0.1) is 11.5 Å². The lowest BCUT2D eigenvalue weighted by molar-refractivity contribution is 0.0719. The van der Waals surface area contributed by atoms with Crippen LogP contribution >= 0.6 is 0 Å². The van der Waals surface area contributed by atoms with Crippen LogP contribution in [0.4, 0.5) is 0 Å². The number of piperidine rings is 1. The number of unbranched alkanes of at least 4 members (excludes halogenated alkanes) is 1. The van der Waals surface area contributed by atoms with Gasteiger partial charge < -0.3 is 10.0 Å². The third-order valence-corrected chi connectivity index (χ3v) is 6.92. The Morgan fingerprint density at radius 1 is 1.23 bits per heavy atom. The molecule has 146 valence electrons. The van der Waals surface area contributed by atoms with E-state index in [2.05, 4.69) is 0 Å². The second-order valence-corrected chi connectivity index (χ2v) is 8.74. The van der Waals surface area contributed by atoms with Gasteiger partial charge in [-0.3, -0.25) is 4.79 Å². The first kappa shape index (κ1) is 20.9. The lowest BCUT2D eigenvalue weighted by atomic mass is 10.1. The predicted molar refractivity (Wildman–Crippen MR) is 102 cm³/mol. The van der Waals surface area contributed by atoms with Crippen molar-refractivity contribution in [3.63, 3.8) is 0 Å². The van der Waals surface area contributed by atoms with E-state index in [9.17, 15) is 18.3 Å². The van der Waals surface area contributed by atoms with E-state index in [4.69, 9.17) is 0 Å². The van der Waals surface area contributed by atoms with E-state index < -0.39 is 10.0 Å². The van der Waals surface area contributed by atoms with Crippen LogP contribution in [0.2, 0.25) is 0 Å². The molecule has 1 unspecified atom stereocenters. The van der Waals surface area contributed by atoms with Crippen molar-refractivity contribution in [1.29, 1.82) is 0 Å². The van der Waals surface area contributed by atoms with Gasteiger partial charge in [-0.15, -0.1) is 0 Å². The van der Waals surface area contributed by atoms with Gasteiger partial charge in [0.25, 0.3) is 5.91 Å². The Bertz CT molecular complexity index is 688. The highest BCUT2D eigenvalue weighted by Crippen LogP contribution is 2.25. The molecule has 0 saturated carbocycles. The number of aliphatic hydroxyl groups is 1. The van der Waals surface area contributed by atoms with Crippen LogP contribution < -0.4 is 0 Å². The molecule has 1 atom stereocenters. The van der Waals surface area contributed by atoms with E-state index in [1.165, 1.54) is 12.1 Å². The fourth-order valence-electron chi connectivity index (χ4n) is 3.30. The fourth-order valence-corrected chi connectivity index (χ4v) is 5.00. The SMILES string of the molecule is CCCCN(CCO)C(=O)c1ccc(S(=O)(=O)N2CCCCC2C)cc1. The number of hydrogen-bond acceptors (Lipinski definition) is 4. The molecule has 0 spiro atoms. The highest BCUT2D eigenvalue weighted by molar-refractivity contribution is 7.89. The Labute approximate surface area is 156 Å². The van der Waals surface area contributed by atoms with Crippen LogP contribution in [0.3, 0.4) is 0 Å². The van der Waals surface area contributed by atoms with Crippen molar-refractivity contribution in [2.24, 2.45) is 0 Å². The van der Waals surface area contributed by atoms with Gasteiger partial charge in [-0.05, 0) is 50.5 Å². The Morgan fingerprint density at radius 2 is 1.92 bits per heavy atom. The molecule has 1 amide bonds. The average molecular weight is 383 g/mol. The van der Waals surface area contributed by atoms with Crippen molar-refractivity contribution in [2.45, 2.75) is 56.9 Å². The average Bonchev–Trinajstić information content (AvgIpc) is 2.65. The number of benzene rings is 1. The third-order valence-electron chi connectivity index (χ3n) is 4.89. The number of nitrogens with zero attached hydrogens (tertiary/aromatic N) is 2. The summed E-state index contributed by atoms with van der Waals surface area (Å²) in [7, 11) is -3.53. The summed E-state index contributed by atoms with van der Waals surface area (Å²) in [4.78, 5) is 14.4. The van der Waals surface area contributed by atoms with Crippen LogP contribution in [0.15, 0.2) is 29.2 Å². The van der Waals surface area contributed by atoms with E-state index in [0.29, 0.717) is 18.7 Å². The van der Waals surface area contributed by atoms with Gasteiger partial charge in [0, 0.05) is 31.2 Å². The lowest BCUT2D eigenvalue weighted by Crippen LogP contribution is -2.41. The molecule has 0 aromatic heterocycles. The molecular formula is C19H30N2O4S. The summed E-state index contributed by atoms with van der Waals surface area (Å²) in [5.41, 5.74) is 0.445. The number of rotatable bonds is 8. The minimum atomic E-state index is -3.53. The van der Waals surface area contributed by atoms with Gasteiger partial charge in [0.2, 0.25) is 10.0 Å². The molecule has 1 aromatic carbocycles. The molecule has 26 heavy (non-hydrogen) atoms. The number of amides is 1. The summed E-state index contributed by atoms with van der Waals surface area (Å²) in [6, 6.07) is 6.17. The number of carbonyl (C=O) groups excluding carboxylic acids is 1. The molecule has 1 aliphatic rings. The maximum Gasteiger partial charge on any atom is 0.253 e. The molecule has 1 heterocycles. The van der Waals surface area contributed by atoms with E-state index in [1.807, 2.05) is 13.8 Å². The van der Waals surface area contributed by atoms with Gasteiger partial charge in [0.15, 0.2) is 0 Å². The number of aliphatic hydroxyl groups excluding tert-OH is 1. The minimum Gasteiger partial charge on any atom is -0.395 e. The normalized spacial score (nSPS) is 18.7. The number of sulfonamides is 1. The first-order valence-corrected chi connectivity index (χ1v) is 10.9. The highest BCUT2D eigenvalue weighted by Gasteiger charge is 2.31. The Kier molecular flexibility index (Phi) is 7.61. The zero-order valence-corrected chi connectivity index (χ0v) is 16.5. The largest absolute Gasteiger partial charge is 0.395 e. The third kappa shape index (κ3) is 4.84. The molecule has 6 nitrogen and oxygen atoms in total. The first-order chi connectivity index (χ1) is 12.4. The second-order valence-electron chi connectivity index (χ2n) is 6.85. The maximum absolute atomic E-state index is 12.9. The molecule has 2 rings (SSSR count). The van der Waals surface area contributed by atoms with Crippen molar-refractivity contribution in [3.8, 4) is 0 Å². The van der Waals surface area contributed by atoms with E-state index >= 15 is 0 Å². The van der Waals surface area contributed by atoms with E-state index in [-0.39, 0.29) is 30.0 Å². The van der Waals surface area contributed by atoms with Crippen LogP contribution in [-0.2, 0) is 10.0 Å². The Balaban J connectivity index is 2.17. The van der Waals surface area contributed by atoms with Gasteiger partial charge in [-0.25, -0.2) is 8.42 Å². The molecule has 1 aromatic rings. The van der Waals surface area contributed by atoms with E-state index in [0.717, 1.165) is 32.1 Å². The molecule has 0 radical (unpaired) electrons. The summed E-state index contributed by atoms with van der Waals surface area (Å²) < 4.78 is 27.3. The van der Waals surface area contributed by atoms with Crippen molar-refractivity contribution in [3.05, 3.63) is 29.8 Å². The van der Waals surface area contributed by atoms with Crippen molar-refractivity contribution in [2.75, 3.05) is 26.2 Å². The molecular weight excluding hydrogens is 352 g/mol. The van der Waals surface area contributed by atoms with E-state index in [1.54, 1.807) is 21.3 Å². The maximum atomic E-state index is 12.9. The number of carbonyl (C=O) groups is 1. The molecule has 0 aliphatic carbocycles. The Hall–Kier alpha value is -1.44. The zero-order valence-electron chi connectivity index (χ0n) is 15.7. The van der Waals surface area contributed by atoms with Crippen LogP contribution in [0.5, 0.6) is 0 Å². The standard InChI is InChI=1S/C19H30N2O4S/c1-3-4-12-20(14-15-22)19(23)17-8-10-18(11-9-17)26(24,25)21-13-6-5-7-16(21)2/h8-11,16,22H,3-7,12-15H2,1-2H3. The minimum absolute atomic E-state index is 0.00384. The quantitative estimate of drug-likeness (QED) is 0.749. The summed E-state index contributed by atoms with van der Waals surface area (Å²) >= 11 is 0. The van der Waals surface area contributed by atoms with Crippen LogP contribution in [0.25, 0.3) is 0 Å². The van der Waals surface area contributed by atoms with Crippen LogP contribution in [-0.4, -0.2) is 60.9 Å². The van der Waals surface area contributed by atoms with Gasteiger partial charge in [0.1, 0.15) is 0 Å². The van der Waals surface area contributed by atoms with Gasteiger partial charge >= 0.3 is 0 Å². The fraction of sp³-hybridized carbons (Fsp3) is 0.632. The molecule has 7 heteroatoms. The summed E-state index contributed by atoms with van der Waals surface area (Å²) in [5, 5.41) is 9.17. The smallest absolute Gasteiger partial charge is 0.253 e. The molecule has 1 N–H and O–H groups in total. The number of hydrogen-bond donors (Lipinski definition) is 1. The second kappa shape index (κ2) is 9.48. The van der Waals surface area contributed by atoms with Gasteiger partial charge in [-0.2, -0.15) is 4.31 Å². The zero-order chi connectivity index (χ0) is 19.2.